The van der Waals surface area contributed by atoms with Crippen LogP contribution in [0.15, 0.2) is 0 Å². The molecule has 2 atom stereocenters. The molecule has 3 nitrogen and oxygen atoms in total. The molecule has 1 heterocycles. The minimum absolute atomic E-state index is 0.00926. The highest BCUT2D eigenvalue weighted by Crippen LogP contribution is 2.55. The molecule has 1 aliphatic heterocycles. The number of hydrogen-bond donors (Lipinski definition) is 1. The molecule has 1 N–H and O–H groups in total. The number of hydrogen-bond acceptors (Lipinski definition) is 3. The van der Waals surface area contributed by atoms with E-state index < -0.39 is 0 Å². The van der Waals surface area contributed by atoms with Crippen molar-refractivity contribution in [2.75, 3.05) is 19.7 Å². The SMILES string of the molecule is CCOC(=O)[C@]12CNC[C@@H]1C2. The summed E-state index contributed by atoms with van der Waals surface area (Å²) in [6.07, 6.45) is 1.04. The van der Waals surface area contributed by atoms with Gasteiger partial charge in [-0.05, 0) is 25.8 Å². The predicted octanol–water partition coefficient (Wildman–Crippen LogP) is 0.159. The summed E-state index contributed by atoms with van der Waals surface area (Å²) in [7, 11) is 0. The van der Waals surface area contributed by atoms with E-state index in [9.17, 15) is 4.79 Å². The summed E-state index contributed by atoms with van der Waals surface area (Å²) >= 11 is 0. The lowest BCUT2D eigenvalue weighted by atomic mass is 10.1. The predicted molar refractivity (Wildman–Crippen MR) is 40.0 cm³/mol. The van der Waals surface area contributed by atoms with Gasteiger partial charge in [0.1, 0.15) is 0 Å². The van der Waals surface area contributed by atoms with Crippen molar-refractivity contribution in [2.24, 2.45) is 11.3 Å². The Balaban J connectivity index is 1.99. The number of carbonyl (C=O) groups is 1. The summed E-state index contributed by atoms with van der Waals surface area (Å²) in [4.78, 5) is 11.3. The standard InChI is InChI=1S/C8H13NO2/c1-2-11-7(10)8-3-6(8)4-9-5-8/h6,9H,2-5H2,1H3/t6-,8+/m0/s1. The van der Waals surface area contributed by atoms with E-state index in [4.69, 9.17) is 4.74 Å². The molecule has 3 heteroatoms. The summed E-state index contributed by atoms with van der Waals surface area (Å²) in [5, 5.41) is 3.20. The zero-order chi connectivity index (χ0) is 7.90. The van der Waals surface area contributed by atoms with E-state index in [0.717, 1.165) is 19.5 Å². The number of ether oxygens (including phenoxy) is 1. The van der Waals surface area contributed by atoms with Crippen molar-refractivity contribution in [3.63, 3.8) is 0 Å². The maximum Gasteiger partial charge on any atom is 0.313 e. The smallest absolute Gasteiger partial charge is 0.313 e. The van der Waals surface area contributed by atoms with Crippen LogP contribution in [0, 0.1) is 11.3 Å². The van der Waals surface area contributed by atoms with Crippen molar-refractivity contribution in [1.29, 1.82) is 0 Å². The number of esters is 1. The van der Waals surface area contributed by atoms with Gasteiger partial charge >= 0.3 is 5.97 Å². The normalized spacial score (nSPS) is 39.9. The topological polar surface area (TPSA) is 38.3 Å². The molecule has 0 aromatic heterocycles. The summed E-state index contributed by atoms with van der Waals surface area (Å²) in [5.41, 5.74) is -0.101. The van der Waals surface area contributed by atoms with Gasteiger partial charge in [-0.3, -0.25) is 4.79 Å². The molecule has 2 rings (SSSR count). The average molecular weight is 155 g/mol. The molecule has 1 saturated carbocycles. The molecule has 0 spiro atoms. The third-order valence-electron chi connectivity index (χ3n) is 2.75. The number of nitrogens with one attached hydrogen (secondary N) is 1. The first kappa shape index (κ1) is 7.10. The molecule has 2 aliphatic rings. The van der Waals surface area contributed by atoms with Gasteiger partial charge in [0, 0.05) is 6.54 Å². The van der Waals surface area contributed by atoms with Crippen LogP contribution in [0.4, 0.5) is 0 Å². The molecule has 62 valence electrons. The van der Waals surface area contributed by atoms with Gasteiger partial charge in [0.2, 0.25) is 0 Å². The van der Waals surface area contributed by atoms with Gasteiger partial charge in [-0.25, -0.2) is 0 Å². The quantitative estimate of drug-likeness (QED) is 0.577. The largest absolute Gasteiger partial charge is 0.466 e. The van der Waals surface area contributed by atoms with Gasteiger partial charge in [-0.15, -0.1) is 0 Å². The van der Waals surface area contributed by atoms with Crippen molar-refractivity contribution < 1.29 is 9.53 Å². The average Bonchev–Trinajstić information content (AvgIpc) is 2.57. The van der Waals surface area contributed by atoms with Crippen LogP contribution in [0.1, 0.15) is 13.3 Å². The van der Waals surface area contributed by atoms with E-state index >= 15 is 0 Å². The molecular formula is C8H13NO2. The monoisotopic (exact) mass is 155 g/mol. The van der Waals surface area contributed by atoms with Crippen LogP contribution in [0.5, 0.6) is 0 Å². The summed E-state index contributed by atoms with van der Waals surface area (Å²) in [6.45, 7) is 4.19. The molecule has 11 heavy (non-hydrogen) atoms. The Bertz CT molecular complexity index is 193. The third kappa shape index (κ3) is 0.872. The number of piperidine rings is 1. The molecule has 1 saturated heterocycles. The number of carbonyl (C=O) groups excluding carboxylic acids is 1. The first-order valence-corrected chi connectivity index (χ1v) is 4.17. The molecule has 0 bridgehead atoms. The molecule has 2 fully saturated rings. The molecule has 1 aliphatic carbocycles. The third-order valence-corrected chi connectivity index (χ3v) is 2.75. The molecule has 0 amide bonds. The lowest BCUT2D eigenvalue weighted by molar-refractivity contribution is -0.149. The Morgan fingerprint density at radius 3 is 3.09 bits per heavy atom. The van der Waals surface area contributed by atoms with Gasteiger partial charge in [-0.1, -0.05) is 0 Å². The van der Waals surface area contributed by atoms with Crippen LogP contribution in [0.2, 0.25) is 0 Å². The summed E-state index contributed by atoms with van der Waals surface area (Å²) < 4.78 is 4.99. The fourth-order valence-electron chi connectivity index (χ4n) is 1.93. The number of fused-ring (bicyclic) bond motifs is 1. The Morgan fingerprint density at radius 1 is 1.82 bits per heavy atom. The summed E-state index contributed by atoms with van der Waals surface area (Å²) in [5.74, 6) is 0.580. The molecule has 0 radical (unpaired) electrons. The molecule has 0 unspecified atom stereocenters. The van der Waals surface area contributed by atoms with E-state index in [2.05, 4.69) is 5.32 Å². The van der Waals surface area contributed by atoms with E-state index in [-0.39, 0.29) is 11.4 Å². The first-order chi connectivity index (χ1) is 5.29. The highest BCUT2D eigenvalue weighted by Gasteiger charge is 2.63. The zero-order valence-corrected chi connectivity index (χ0v) is 6.72. The van der Waals surface area contributed by atoms with Crippen LogP contribution in [-0.2, 0) is 9.53 Å². The fraction of sp³-hybridized carbons (Fsp3) is 0.875. The highest BCUT2D eigenvalue weighted by atomic mass is 16.5. The minimum atomic E-state index is -0.101. The first-order valence-electron chi connectivity index (χ1n) is 4.17. The van der Waals surface area contributed by atoms with Crippen LogP contribution in [0.25, 0.3) is 0 Å². The van der Waals surface area contributed by atoms with Crippen LogP contribution in [-0.4, -0.2) is 25.7 Å². The second-order valence-corrected chi connectivity index (χ2v) is 3.41. The second-order valence-electron chi connectivity index (χ2n) is 3.41. The maximum atomic E-state index is 11.3. The van der Waals surface area contributed by atoms with Crippen molar-refractivity contribution in [3.8, 4) is 0 Å². The van der Waals surface area contributed by atoms with Crippen molar-refractivity contribution >= 4 is 5.97 Å². The molecule has 0 aromatic carbocycles. The maximum absolute atomic E-state index is 11.3. The Labute approximate surface area is 66.1 Å². The van der Waals surface area contributed by atoms with Gasteiger partial charge in [0.05, 0.1) is 12.0 Å². The van der Waals surface area contributed by atoms with E-state index in [0.29, 0.717) is 12.5 Å². The van der Waals surface area contributed by atoms with Crippen molar-refractivity contribution in [1.82, 2.24) is 5.32 Å². The molecular weight excluding hydrogens is 142 g/mol. The van der Waals surface area contributed by atoms with Crippen LogP contribution < -0.4 is 5.32 Å². The van der Waals surface area contributed by atoms with Crippen molar-refractivity contribution in [3.05, 3.63) is 0 Å². The minimum Gasteiger partial charge on any atom is -0.466 e. The zero-order valence-electron chi connectivity index (χ0n) is 6.72. The molecule has 0 aromatic rings. The van der Waals surface area contributed by atoms with Gasteiger partial charge in [-0.2, -0.15) is 0 Å². The lowest BCUT2D eigenvalue weighted by Crippen LogP contribution is -2.25. The van der Waals surface area contributed by atoms with E-state index in [1.807, 2.05) is 6.92 Å². The number of rotatable bonds is 2. The Hall–Kier alpha value is -0.570. The van der Waals surface area contributed by atoms with E-state index in [1.165, 1.54) is 0 Å². The van der Waals surface area contributed by atoms with Crippen molar-refractivity contribution in [2.45, 2.75) is 13.3 Å². The van der Waals surface area contributed by atoms with Gasteiger partial charge < -0.3 is 10.1 Å². The van der Waals surface area contributed by atoms with Crippen LogP contribution >= 0.6 is 0 Å². The lowest BCUT2D eigenvalue weighted by Gasteiger charge is -2.09. The summed E-state index contributed by atoms with van der Waals surface area (Å²) in [6, 6.07) is 0. The van der Waals surface area contributed by atoms with Gasteiger partial charge in [0.25, 0.3) is 0 Å². The van der Waals surface area contributed by atoms with Gasteiger partial charge in [0.15, 0.2) is 0 Å². The fourth-order valence-corrected chi connectivity index (χ4v) is 1.93. The Morgan fingerprint density at radius 2 is 2.64 bits per heavy atom. The van der Waals surface area contributed by atoms with E-state index in [1.54, 1.807) is 0 Å². The Kier molecular flexibility index (Phi) is 1.42. The highest BCUT2D eigenvalue weighted by molar-refractivity contribution is 5.81. The second kappa shape index (κ2) is 2.21. The van der Waals surface area contributed by atoms with Crippen LogP contribution in [0.3, 0.4) is 0 Å².